The Balaban J connectivity index is 1.97. The summed E-state index contributed by atoms with van der Waals surface area (Å²) in [6.07, 6.45) is 0.912. The molecule has 0 amide bonds. The molecule has 3 heteroatoms. The molecule has 0 spiro atoms. The number of hydrogen-bond acceptors (Lipinski definition) is 3. The molecule has 0 radical (unpaired) electrons. The highest BCUT2D eigenvalue weighted by Gasteiger charge is 2.39. The second-order valence-corrected chi connectivity index (χ2v) is 5.64. The van der Waals surface area contributed by atoms with E-state index < -0.39 is 0 Å². The third-order valence-electron chi connectivity index (χ3n) is 3.48. The molecule has 1 fully saturated rings. The van der Waals surface area contributed by atoms with Crippen molar-refractivity contribution >= 4 is 11.8 Å². The average molecular weight is 242 g/mol. The Hall–Kier alpha value is -1.40. The molecule has 0 N–H and O–H groups in total. The van der Waals surface area contributed by atoms with Crippen LogP contribution in [0.4, 0.5) is 0 Å². The maximum absolute atomic E-state index is 9.14. The zero-order valence-electron chi connectivity index (χ0n) is 9.76. The number of nitriles is 1. The van der Waals surface area contributed by atoms with Gasteiger partial charge >= 0.3 is 0 Å². The van der Waals surface area contributed by atoms with Crippen molar-refractivity contribution in [1.29, 1.82) is 5.26 Å². The second-order valence-electron chi connectivity index (χ2n) is 4.57. The van der Waals surface area contributed by atoms with Gasteiger partial charge in [-0.15, -0.1) is 11.8 Å². The largest absolute Gasteiger partial charge is 0.354 e. The SMILES string of the molecule is C[C@H]1CC(C#N)=C2CS[C@H](c3ccccc3)N21. The molecule has 2 nitrogen and oxygen atoms in total. The predicted octanol–water partition coefficient (Wildman–Crippen LogP) is 3.30. The third-order valence-corrected chi connectivity index (χ3v) is 4.74. The van der Waals surface area contributed by atoms with Crippen LogP contribution in [0.3, 0.4) is 0 Å². The van der Waals surface area contributed by atoms with Crippen LogP contribution in [0, 0.1) is 11.3 Å². The molecule has 2 aliphatic rings. The fraction of sp³-hybridized carbons (Fsp3) is 0.357. The van der Waals surface area contributed by atoms with Gasteiger partial charge in [0.2, 0.25) is 0 Å². The van der Waals surface area contributed by atoms with E-state index in [-0.39, 0.29) is 0 Å². The van der Waals surface area contributed by atoms with Crippen LogP contribution in [0.15, 0.2) is 41.6 Å². The molecule has 86 valence electrons. The highest BCUT2D eigenvalue weighted by molar-refractivity contribution is 7.99. The minimum Gasteiger partial charge on any atom is -0.354 e. The van der Waals surface area contributed by atoms with Gasteiger partial charge in [-0.3, -0.25) is 0 Å². The Bertz CT molecular complexity index is 501. The summed E-state index contributed by atoms with van der Waals surface area (Å²) in [5.74, 6) is 0.979. The number of thioether (sulfide) groups is 1. The summed E-state index contributed by atoms with van der Waals surface area (Å²) in [5.41, 5.74) is 3.60. The van der Waals surface area contributed by atoms with Crippen LogP contribution >= 0.6 is 11.8 Å². The molecule has 0 aromatic heterocycles. The molecule has 0 saturated carbocycles. The van der Waals surface area contributed by atoms with E-state index in [1.165, 1.54) is 11.3 Å². The highest BCUT2D eigenvalue weighted by Crippen LogP contribution is 2.49. The molecule has 0 unspecified atom stereocenters. The van der Waals surface area contributed by atoms with E-state index >= 15 is 0 Å². The number of hydrogen-bond donors (Lipinski definition) is 0. The molecular weight excluding hydrogens is 228 g/mol. The van der Waals surface area contributed by atoms with E-state index in [2.05, 4.69) is 42.2 Å². The van der Waals surface area contributed by atoms with Crippen molar-refractivity contribution in [2.45, 2.75) is 24.8 Å². The summed E-state index contributed by atoms with van der Waals surface area (Å²) < 4.78 is 0. The van der Waals surface area contributed by atoms with Crippen molar-refractivity contribution in [3.05, 3.63) is 47.2 Å². The number of benzene rings is 1. The number of nitrogens with zero attached hydrogens (tertiary/aromatic N) is 2. The van der Waals surface area contributed by atoms with E-state index in [1.54, 1.807) is 0 Å². The third kappa shape index (κ3) is 1.64. The Morgan fingerprint density at radius 1 is 1.35 bits per heavy atom. The minimum absolute atomic E-state index is 0.395. The van der Waals surface area contributed by atoms with E-state index in [1.807, 2.05) is 17.8 Å². The highest BCUT2D eigenvalue weighted by atomic mass is 32.2. The van der Waals surface area contributed by atoms with Gasteiger partial charge in [0.05, 0.1) is 11.6 Å². The van der Waals surface area contributed by atoms with E-state index in [4.69, 9.17) is 5.26 Å². The predicted molar refractivity (Wildman–Crippen MR) is 70.2 cm³/mol. The van der Waals surface area contributed by atoms with Gasteiger partial charge in [0.25, 0.3) is 0 Å². The van der Waals surface area contributed by atoms with E-state index in [0.717, 1.165) is 17.7 Å². The Kier molecular flexibility index (Phi) is 2.60. The smallest absolute Gasteiger partial charge is 0.101 e. The van der Waals surface area contributed by atoms with E-state index in [0.29, 0.717) is 11.4 Å². The molecule has 0 bridgehead atoms. The van der Waals surface area contributed by atoms with Crippen LogP contribution < -0.4 is 0 Å². The summed E-state index contributed by atoms with van der Waals surface area (Å²) in [6.45, 7) is 2.21. The quantitative estimate of drug-likeness (QED) is 0.756. The average Bonchev–Trinajstić information content (AvgIpc) is 2.92. The summed E-state index contributed by atoms with van der Waals surface area (Å²) >= 11 is 1.93. The van der Waals surface area contributed by atoms with Gasteiger partial charge in [0.1, 0.15) is 5.37 Å². The van der Waals surface area contributed by atoms with Crippen molar-refractivity contribution in [3.63, 3.8) is 0 Å². The van der Waals surface area contributed by atoms with Crippen molar-refractivity contribution in [2.24, 2.45) is 0 Å². The first-order valence-electron chi connectivity index (χ1n) is 5.88. The topological polar surface area (TPSA) is 27.0 Å². The second kappa shape index (κ2) is 4.12. The molecule has 3 rings (SSSR count). The van der Waals surface area contributed by atoms with Gasteiger partial charge in [-0.25, -0.2) is 0 Å². The molecular formula is C14H14N2S. The molecule has 0 aliphatic carbocycles. The van der Waals surface area contributed by atoms with Crippen molar-refractivity contribution in [3.8, 4) is 6.07 Å². The Labute approximate surface area is 106 Å². The van der Waals surface area contributed by atoms with Gasteiger partial charge in [0.15, 0.2) is 0 Å². The standard InChI is InChI=1S/C14H14N2S/c1-10-7-12(8-15)13-9-17-14(16(10)13)11-5-3-2-4-6-11/h2-6,10,14H,7,9H2,1H3/t10-,14+/m0/s1. The van der Waals surface area contributed by atoms with Crippen molar-refractivity contribution in [1.82, 2.24) is 4.90 Å². The van der Waals surface area contributed by atoms with Crippen LogP contribution in [-0.2, 0) is 0 Å². The molecule has 1 aromatic carbocycles. The normalized spacial score (nSPS) is 27.2. The van der Waals surface area contributed by atoms with Crippen LogP contribution in [0.1, 0.15) is 24.3 Å². The molecule has 2 aliphatic heterocycles. The molecule has 2 heterocycles. The molecule has 1 aromatic rings. The summed E-state index contributed by atoms with van der Waals surface area (Å²) in [5, 5.41) is 9.54. The first-order chi connectivity index (χ1) is 8.31. The van der Waals surface area contributed by atoms with Crippen molar-refractivity contribution < 1.29 is 0 Å². The fourth-order valence-corrected chi connectivity index (χ4v) is 4.17. The summed E-state index contributed by atoms with van der Waals surface area (Å²) in [6, 6.07) is 13.4. The van der Waals surface area contributed by atoms with Gasteiger partial charge in [0, 0.05) is 23.9 Å². The maximum atomic E-state index is 9.14. The summed E-state index contributed by atoms with van der Waals surface area (Å²) in [7, 11) is 0. The van der Waals surface area contributed by atoms with Crippen LogP contribution in [0.25, 0.3) is 0 Å². The Morgan fingerprint density at radius 2 is 2.12 bits per heavy atom. The van der Waals surface area contributed by atoms with Crippen molar-refractivity contribution in [2.75, 3.05) is 5.75 Å². The number of fused-ring (bicyclic) bond motifs is 1. The van der Waals surface area contributed by atoms with Gasteiger partial charge in [-0.2, -0.15) is 5.26 Å². The first-order valence-corrected chi connectivity index (χ1v) is 6.93. The molecule has 17 heavy (non-hydrogen) atoms. The monoisotopic (exact) mass is 242 g/mol. The molecule has 1 saturated heterocycles. The minimum atomic E-state index is 0.395. The maximum Gasteiger partial charge on any atom is 0.101 e. The lowest BCUT2D eigenvalue weighted by atomic mass is 10.1. The first kappa shape index (κ1) is 10.7. The van der Waals surface area contributed by atoms with Gasteiger partial charge in [-0.1, -0.05) is 30.3 Å². The molecule has 2 atom stereocenters. The lowest BCUT2D eigenvalue weighted by Crippen LogP contribution is -2.26. The van der Waals surface area contributed by atoms with Crippen LogP contribution in [0.5, 0.6) is 0 Å². The zero-order chi connectivity index (χ0) is 11.8. The summed E-state index contributed by atoms with van der Waals surface area (Å²) in [4.78, 5) is 2.43. The van der Waals surface area contributed by atoms with E-state index in [9.17, 15) is 0 Å². The van der Waals surface area contributed by atoms with Gasteiger partial charge in [-0.05, 0) is 12.5 Å². The lowest BCUT2D eigenvalue weighted by molar-refractivity contribution is 0.292. The van der Waals surface area contributed by atoms with Crippen LogP contribution in [0.2, 0.25) is 0 Å². The zero-order valence-corrected chi connectivity index (χ0v) is 10.6. The fourth-order valence-electron chi connectivity index (χ4n) is 2.69. The van der Waals surface area contributed by atoms with Crippen LogP contribution in [-0.4, -0.2) is 16.7 Å². The lowest BCUT2D eigenvalue weighted by Gasteiger charge is -2.28. The Morgan fingerprint density at radius 3 is 2.82 bits per heavy atom. The number of rotatable bonds is 1. The van der Waals surface area contributed by atoms with Gasteiger partial charge < -0.3 is 4.90 Å².